The van der Waals surface area contributed by atoms with Crippen LogP contribution in [0.25, 0.3) is 22.0 Å². The molecule has 0 spiro atoms. The van der Waals surface area contributed by atoms with Gasteiger partial charge in [0.05, 0.1) is 11.2 Å². The minimum Gasteiger partial charge on any atom is -0.397 e. The average molecular weight is 342 g/mol. The number of para-hydroxylation sites is 1. The Hall–Kier alpha value is -3.60. The molecule has 0 saturated heterocycles. The fraction of sp³-hybridized carbons (Fsp3) is 0.0476. The molecule has 0 radical (unpaired) electrons. The number of nitrogens with two attached hydrogens (primary N) is 1. The highest BCUT2D eigenvalue weighted by atomic mass is 16.1. The van der Waals surface area contributed by atoms with E-state index in [1.807, 2.05) is 54.7 Å². The van der Waals surface area contributed by atoms with Gasteiger partial charge in [-0.15, -0.1) is 0 Å². The summed E-state index contributed by atoms with van der Waals surface area (Å²) in [4.78, 5) is 16.8. The van der Waals surface area contributed by atoms with Gasteiger partial charge in [-0.2, -0.15) is 0 Å². The smallest absolute Gasteiger partial charge is 0.272 e. The molecule has 4 aromatic rings. The Morgan fingerprint density at radius 3 is 2.58 bits per heavy atom. The molecule has 2 aromatic carbocycles. The van der Waals surface area contributed by atoms with Crippen molar-refractivity contribution in [2.24, 2.45) is 7.05 Å². The second-order valence-electron chi connectivity index (χ2n) is 6.18. The number of nitrogen functional groups attached to an aromatic ring is 1. The van der Waals surface area contributed by atoms with Crippen molar-refractivity contribution in [3.05, 3.63) is 78.8 Å². The van der Waals surface area contributed by atoms with E-state index in [0.29, 0.717) is 11.4 Å². The Morgan fingerprint density at radius 2 is 1.85 bits per heavy atom. The van der Waals surface area contributed by atoms with Crippen LogP contribution in [0.5, 0.6) is 0 Å². The van der Waals surface area contributed by atoms with Gasteiger partial charge in [0.25, 0.3) is 5.91 Å². The van der Waals surface area contributed by atoms with Gasteiger partial charge in [-0.3, -0.25) is 9.78 Å². The van der Waals surface area contributed by atoms with E-state index in [1.165, 1.54) is 0 Å². The quantitative estimate of drug-likeness (QED) is 0.589. The summed E-state index contributed by atoms with van der Waals surface area (Å²) in [6.45, 7) is 0. The molecule has 0 fully saturated rings. The first kappa shape index (κ1) is 15.9. The van der Waals surface area contributed by atoms with Crippen molar-refractivity contribution in [2.75, 3.05) is 11.1 Å². The van der Waals surface area contributed by atoms with Gasteiger partial charge >= 0.3 is 0 Å². The van der Waals surface area contributed by atoms with Gasteiger partial charge in [0, 0.05) is 30.5 Å². The molecule has 0 bridgehead atoms. The van der Waals surface area contributed by atoms with Crippen LogP contribution in [-0.4, -0.2) is 15.5 Å². The molecule has 0 aliphatic rings. The molecule has 2 aromatic heterocycles. The maximum atomic E-state index is 12.4. The molecule has 128 valence electrons. The summed E-state index contributed by atoms with van der Waals surface area (Å²) in [6, 6.07) is 19.5. The molecule has 4 rings (SSSR count). The topological polar surface area (TPSA) is 72.9 Å². The second-order valence-corrected chi connectivity index (χ2v) is 6.18. The van der Waals surface area contributed by atoms with E-state index < -0.39 is 0 Å². The molecular formula is C21H18N4O. The van der Waals surface area contributed by atoms with E-state index in [-0.39, 0.29) is 5.91 Å². The van der Waals surface area contributed by atoms with Crippen molar-refractivity contribution in [3.63, 3.8) is 0 Å². The number of carbonyl (C=O) groups is 1. The third kappa shape index (κ3) is 2.91. The Bertz CT molecular complexity index is 1090. The number of nitrogens with one attached hydrogen (secondary N) is 1. The van der Waals surface area contributed by atoms with E-state index in [0.717, 1.165) is 27.7 Å². The number of amides is 1. The molecule has 0 aliphatic heterocycles. The Morgan fingerprint density at radius 1 is 1.08 bits per heavy atom. The molecule has 0 saturated carbocycles. The number of pyridine rings is 1. The molecule has 1 amide bonds. The van der Waals surface area contributed by atoms with E-state index in [4.69, 9.17) is 5.73 Å². The molecular weight excluding hydrogens is 324 g/mol. The normalized spacial score (nSPS) is 10.8. The zero-order valence-corrected chi connectivity index (χ0v) is 14.3. The largest absolute Gasteiger partial charge is 0.397 e. The van der Waals surface area contributed by atoms with Gasteiger partial charge in [-0.1, -0.05) is 30.3 Å². The SMILES string of the molecule is Cn1cc(N)cc1C(=O)Nc1ccc(-c2ccnc3ccccc23)cc1. The lowest BCUT2D eigenvalue weighted by Gasteiger charge is -2.09. The van der Waals surface area contributed by atoms with Crippen molar-refractivity contribution >= 4 is 28.2 Å². The molecule has 5 nitrogen and oxygen atoms in total. The van der Waals surface area contributed by atoms with Gasteiger partial charge in [-0.25, -0.2) is 0 Å². The standard InChI is InChI=1S/C21H18N4O/c1-25-13-15(22)12-20(25)21(26)24-16-8-6-14(7-9-16)17-10-11-23-19-5-3-2-4-18(17)19/h2-13H,22H2,1H3,(H,24,26). The number of aryl methyl sites for hydroxylation is 1. The maximum absolute atomic E-state index is 12.4. The monoisotopic (exact) mass is 342 g/mol. The first-order valence-electron chi connectivity index (χ1n) is 8.29. The lowest BCUT2D eigenvalue weighted by atomic mass is 10.0. The van der Waals surface area contributed by atoms with E-state index in [9.17, 15) is 4.79 Å². The number of aromatic nitrogens is 2. The summed E-state index contributed by atoms with van der Waals surface area (Å²) in [6.07, 6.45) is 3.53. The van der Waals surface area contributed by atoms with E-state index >= 15 is 0 Å². The summed E-state index contributed by atoms with van der Waals surface area (Å²) in [5, 5.41) is 4.00. The highest BCUT2D eigenvalue weighted by Gasteiger charge is 2.11. The van der Waals surface area contributed by atoms with Crippen LogP contribution in [0.2, 0.25) is 0 Å². The summed E-state index contributed by atoms with van der Waals surface area (Å²) < 4.78 is 1.71. The number of carbonyl (C=O) groups excluding carboxylic acids is 1. The van der Waals surface area contributed by atoms with Crippen molar-refractivity contribution in [1.82, 2.24) is 9.55 Å². The first-order valence-corrected chi connectivity index (χ1v) is 8.29. The Labute approximate surface area is 151 Å². The van der Waals surface area contributed by atoms with Gasteiger partial charge in [-0.05, 0) is 41.5 Å². The predicted octanol–water partition coefficient (Wildman–Crippen LogP) is 4.07. The van der Waals surface area contributed by atoms with Crippen molar-refractivity contribution in [3.8, 4) is 11.1 Å². The third-order valence-electron chi connectivity index (χ3n) is 4.36. The molecule has 2 heterocycles. The Kier molecular flexibility index (Phi) is 3.89. The lowest BCUT2D eigenvalue weighted by molar-refractivity contribution is 0.101. The fourth-order valence-electron chi connectivity index (χ4n) is 3.09. The van der Waals surface area contributed by atoms with Crippen LogP contribution in [0.15, 0.2) is 73.1 Å². The highest BCUT2D eigenvalue weighted by Crippen LogP contribution is 2.28. The van der Waals surface area contributed by atoms with Gasteiger partial charge < -0.3 is 15.6 Å². The molecule has 0 unspecified atom stereocenters. The van der Waals surface area contributed by atoms with Gasteiger partial charge in [0.15, 0.2) is 0 Å². The maximum Gasteiger partial charge on any atom is 0.272 e. The second kappa shape index (κ2) is 6.37. The van der Waals surface area contributed by atoms with Crippen LogP contribution in [0.1, 0.15) is 10.5 Å². The third-order valence-corrected chi connectivity index (χ3v) is 4.36. The van der Waals surface area contributed by atoms with E-state index in [2.05, 4.69) is 16.4 Å². The number of rotatable bonds is 3. The number of hydrogen-bond donors (Lipinski definition) is 2. The summed E-state index contributed by atoms with van der Waals surface area (Å²) >= 11 is 0. The fourth-order valence-corrected chi connectivity index (χ4v) is 3.09. The first-order chi connectivity index (χ1) is 12.6. The van der Waals surface area contributed by atoms with Crippen LogP contribution >= 0.6 is 0 Å². The van der Waals surface area contributed by atoms with Crippen molar-refractivity contribution < 1.29 is 4.79 Å². The lowest BCUT2D eigenvalue weighted by Crippen LogP contribution is -2.15. The average Bonchev–Trinajstić information content (AvgIpc) is 3.00. The zero-order chi connectivity index (χ0) is 18.1. The summed E-state index contributed by atoms with van der Waals surface area (Å²) in [5.41, 5.74) is 10.7. The molecule has 0 aliphatic carbocycles. The van der Waals surface area contributed by atoms with Gasteiger partial charge in [0.1, 0.15) is 5.69 Å². The summed E-state index contributed by atoms with van der Waals surface area (Å²) in [7, 11) is 1.79. The Balaban J connectivity index is 1.61. The number of benzene rings is 2. The van der Waals surface area contributed by atoms with Crippen molar-refractivity contribution in [1.29, 1.82) is 0 Å². The van der Waals surface area contributed by atoms with Crippen LogP contribution in [-0.2, 0) is 7.05 Å². The van der Waals surface area contributed by atoms with Crippen molar-refractivity contribution in [2.45, 2.75) is 0 Å². The highest BCUT2D eigenvalue weighted by molar-refractivity contribution is 6.04. The zero-order valence-electron chi connectivity index (χ0n) is 14.3. The van der Waals surface area contributed by atoms with Crippen LogP contribution in [0.3, 0.4) is 0 Å². The molecule has 0 atom stereocenters. The van der Waals surface area contributed by atoms with Crippen LogP contribution in [0, 0.1) is 0 Å². The van der Waals surface area contributed by atoms with Crippen LogP contribution in [0.4, 0.5) is 11.4 Å². The summed E-state index contributed by atoms with van der Waals surface area (Å²) in [5.74, 6) is -0.189. The van der Waals surface area contributed by atoms with E-state index in [1.54, 1.807) is 23.9 Å². The molecule has 3 N–H and O–H groups in total. The predicted molar refractivity (Wildman–Crippen MR) is 105 cm³/mol. The minimum absolute atomic E-state index is 0.189. The molecule has 5 heteroatoms. The minimum atomic E-state index is -0.189. The molecule has 26 heavy (non-hydrogen) atoms. The number of nitrogens with zero attached hydrogens (tertiary/aromatic N) is 2. The number of hydrogen-bond acceptors (Lipinski definition) is 3. The number of anilines is 2. The number of fused-ring (bicyclic) bond motifs is 1. The van der Waals surface area contributed by atoms with Gasteiger partial charge in [0.2, 0.25) is 0 Å². The van der Waals surface area contributed by atoms with Crippen LogP contribution < -0.4 is 11.1 Å².